The standard InChI is InChI=1S/C24H23N3OS/c28-24(17-26-15-6-5-9-19(26)18-8-7-14-25-16-18)27-20-10-1-3-12-22(20)29-23-13-4-2-11-21(23)27/h1-4,7-8,10-14,16,19H,5-6,9,15,17H2/t19-/m0/s1. The molecule has 1 fully saturated rings. The molecule has 0 bridgehead atoms. The van der Waals surface area contributed by atoms with E-state index in [1.807, 2.05) is 53.6 Å². The molecule has 0 saturated carbocycles. The van der Waals surface area contributed by atoms with Crippen LogP contribution in [0.1, 0.15) is 30.9 Å². The van der Waals surface area contributed by atoms with Crippen molar-refractivity contribution in [2.24, 2.45) is 0 Å². The van der Waals surface area contributed by atoms with E-state index in [4.69, 9.17) is 0 Å². The molecule has 0 aliphatic carbocycles. The Kier molecular flexibility index (Phi) is 5.08. The van der Waals surface area contributed by atoms with Crippen molar-refractivity contribution in [1.82, 2.24) is 9.88 Å². The number of pyridine rings is 1. The van der Waals surface area contributed by atoms with Gasteiger partial charge in [0.05, 0.1) is 17.9 Å². The molecule has 1 saturated heterocycles. The maximum absolute atomic E-state index is 13.6. The van der Waals surface area contributed by atoms with Crippen molar-refractivity contribution >= 4 is 29.0 Å². The van der Waals surface area contributed by atoms with Crippen LogP contribution in [0.15, 0.2) is 82.8 Å². The molecule has 5 rings (SSSR count). The number of piperidine rings is 1. The van der Waals surface area contributed by atoms with E-state index >= 15 is 0 Å². The van der Waals surface area contributed by atoms with Gasteiger partial charge in [0.15, 0.2) is 0 Å². The van der Waals surface area contributed by atoms with Crippen molar-refractivity contribution < 1.29 is 4.79 Å². The number of aromatic nitrogens is 1. The number of carbonyl (C=O) groups is 1. The second-order valence-corrected chi connectivity index (χ2v) is 8.62. The van der Waals surface area contributed by atoms with Gasteiger partial charge in [-0.2, -0.15) is 0 Å². The third-order valence-electron chi connectivity index (χ3n) is 5.70. The highest BCUT2D eigenvalue weighted by atomic mass is 32.2. The number of nitrogens with zero attached hydrogens (tertiary/aromatic N) is 3. The largest absolute Gasteiger partial charge is 0.287 e. The van der Waals surface area contributed by atoms with Gasteiger partial charge in [-0.25, -0.2) is 0 Å². The molecule has 1 atom stereocenters. The molecule has 0 spiro atoms. The van der Waals surface area contributed by atoms with Gasteiger partial charge in [-0.1, -0.05) is 48.5 Å². The van der Waals surface area contributed by atoms with Crippen LogP contribution in [-0.2, 0) is 4.79 Å². The molecule has 29 heavy (non-hydrogen) atoms. The van der Waals surface area contributed by atoms with Crippen LogP contribution in [0, 0.1) is 0 Å². The molecule has 0 N–H and O–H groups in total. The Morgan fingerprint density at radius 2 is 1.69 bits per heavy atom. The first-order chi connectivity index (χ1) is 14.3. The average Bonchev–Trinajstić information content (AvgIpc) is 2.78. The fraction of sp³-hybridized carbons (Fsp3) is 0.250. The monoisotopic (exact) mass is 401 g/mol. The highest BCUT2D eigenvalue weighted by Crippen LogP contribution is 2.48. The number of fused-ring (bicyclic) bond motifs is 2. The van der Waals surface area contributed by atoms with Crippen LogP contribution >= 0.6 is 11.8 Å². The Morgan fingerprint density at radius 1 is 0.966 bits per heavy atom. The van der Waals surface area contributed by atoms with Gasteiger partial charge >= 0.3 is 0 Å². The van der Waals surface area contributed by atoms with Crippen molar-refractivity contribution in [1.29, 1.82) is 0 Å². The van der Waals surface area contributed by atoms with Gasteiger partial charge in [-0.15, -0.1) is 0 Å². The van der Waals surface area contributed by atoms with E-state index in [9.17, 15) is 4.79 Å². The van der Waals surface area contributed by atoms with Gasteiger partial charge in [-0.05, 0) is 55.3 Å². The van der Waals surface area contributed by atoms with Gasteiger partial charge in [0.1, 0.15) is 0 Å². The summed E-state index contributed by atoms with van der Waals surface area (Å²) >= 11 is 1.73. The first-order valence-corrected chi connectivity index (χ1v) is 11.0. The van der Waals surface area contributed by atoms with Crippen molar-refractivity contribution in [2.45, 2.75) is 35.1 Å². The molecule has 4 nitrogen and oxygen atoms in total. The van der Waals surface area contributed by atoms with E-state index in [-0.39, 0.29) is 11.9 Å². The molecule has 0 unspecified atom stereocenters. The van der Waals surface area contributed by atoms with Crippen LogP contribution in [0.4, 0.5) is 11.4 Å². The van der Waals surface area contributed by atoms with Gasteiger partial charge < -0.3 is 0 Å². The van der Waals surface area contributed by atoms with Gasteiger partial charge in [0.25, 0.3) is 0 Å². The molecule has 2 aliphatic heterocycles. The number of likely N-dealkylation sites (tertiary alicyclic amines) is 1. The second-order valence-electron chi connectivity index (χ2n) is 7.54. The fourth-order valence-electron chi connectivity index (χ4n) is 4.35. The summed E-state index contributed by atoms with van der Waals surface area (Å²) in [5, 5.41) is 0. The van der Waals surface area contributed by atoms with E-state index in [1.165, 1.54) is 12.0 Å². The van der Waals surface area contributed by atoms with Crippen molar-refractivity contribution in [3.63, 3.8) is 0 Å². The molecule has 146 valence electrons. The molecule has 3 heterocycles. The molecule has 1 amide bonds. The summed E-state index contributed by atoms with van der Waals surface area (Å²) < 4.78 is 0. The smallest absolute Gasteiger partial charge is 0.245 e. The lowest BCUT2D eigenvalue weighted by Gasteiger charge is -2.38. The lowest BCUT2D eigenvalue weighted by atomic mass is 9.96. The lowest BCUT2D eigenvalue weighted by Crippen LogP contribution is -2.42. The van der Waals surface area contributed by atoms with E-state index in [0.29, 0.717) is 6.54 Å². The third-order valence-corrected chi connectivity index (χ3v) is 6.83. The summed E-state index contributed by atoms with van der Waals surface area (Å²) in [6.45, 7) is 1.35. The van der Waals surface area contributed by atoms with Gasteiger partial charge in [0, 0.05) is 28.2 Å². The minimum atomic E-state index is 0.126. The zero-order chi connectivity index (χ0) is 19.6. The second kappa shape index (κ2) is 8.01. The summed E-state index contributed by atoms with van der Waals surface area (Å²) in [5.41, 5.74) is 3.17. The van der Waals surface area contributed by atoms with Crippen LogP contribution in [0.2, 0.25) is 0 Å². The molecule has 0 radical (unpaired) electrons. The number of amides is 1. The Hall–Kier alpha value is -2.63. The summed E-state index contributed by atoms with van der Waals surface area (Å²) in [7, 11) is 0. The highest BCUT2D eigenvalue weighted by molar-refractivity contribution is 7.99. The van der Waals surface area contributed by atoms with Crippen LogP contribution in [0.3, 0.4) is 0 Å². The Labute approximate surface area is 175 Å². The highest BCUT2D eigenvalue weighted by Gasteiger charge is 2.32. The average molecular weight is 402 g/mol. The normalized spacial score (nSPS) is 18.8. The van der Waals surface area contributed by atoms with Crippen molar-refractivity contribution in [2.75, 3.05) is 18.0 Å². The maximum atomic E-state index is 13.6. The first kappa shape index (κ1) is 18.4. The van der Waals surface area contributed by atoms with Crippen LogP contribution in [0.5, 0.6) is 0 Å². The lowest BCUT2D eigenvalue weighted by molar-refractivity contribution is -0.120. The summed E-state index contributed by atoms with van der Waals surface area (Å²) in [6, 6.07) is 20.7. The minimum absolute atomic E-state index is 0.126. The Balaban J connectivity index is 1.46. The predicted molar refractivity (Wildman–Crippen MR) is 117 cm³/mol. The first-order valence-electron chi connectivity index (χ1n) is 10.1. The number of carbonyl (C=O) groups excluding carboxylic acids is 1. The van der Waals surface area contributed by atoms with Gasteiger partial charge in [-0.3, -0.25) is 19.6 Å². The van der Waals surface area contributed by atoms with Crippen LogP contribution in [0.25, 0.3) is 0 Å². The molecule has 5 heteroatoms. The van der Waals surface area contributed by atoms with Crippen molar-refractivity contribution in [3.8, 4) is 0 Å². The number of hydrogen-bond donors (Lipinski definition) is 0. The number of rotatable bonds is 3. The van der Waals surface area contributed by atoms with E-state index in [0.717, 1.165) is 40.6 Å². The summed E-state index contributed by atoms with van der Waals surface area (Å²) in [4.78, 5) is 24.4. The molecule has 1 aromatic heterocycles. The number of hydrogen-bond acceptors (Lipinski definition) is 4. The molecular weight excluding hydrogens is 378 g/mol. The minimum Gasteiger partial charge on any atom is -0.287 e. The van der Waals surface area contributed by atoms with Crippen LogP contribution < -0.4 is 4.90 Å². The maximum Gasteiger partial charge on any atom is 0.245 e. The third kappa shape index (κ3) is 3.56. The topological polar surface area (TPSA) is 36.4 Å². The number of para-hydroxylation sites is 2. The summed E-state index contributed by atoms with van der Waals surface area (Å²) in [5.74, 6) is 0.126. The molecular formula is C24H23N3OS. The quantitative estimate of drug-likeness (QED) is 0.586. The zero-order valence-electron chi connectivity index (χ0n) is 16.2. The summed E-state index contributed by atoms with van der Waals surface area (Å²) in [6.07, 6.45) is 7.14. The van der Waals surface area contributed by atoms with E-state index < -0.39 is 0 Å². The zero-order valence-corrected chi connectivity index (χ0v) is 17.0. The molecule has 2 aliphatic rings. The molecule has 3 aromatic rings. The van der Waals surface area contributed by atoms with Crippen LogP contribution in [-0.4, -0.2) is 28.9 Å². The SMILES string of the molecule is O=C(CN1CCCC[C@H]1c1cccnc1)N1c2ccccc2Sc2ccccc21. The van der Waals surface area contributed by atoms with Gasteiger partial charge in [0.2, 0.25) is 5.91 Å². The number of benzene rings is 2. The number of anilines is 2. The van der Waals surface area contributed by atoms with Crippen molar-refractivity contribution in [3.05, 3.63) is 78.6 Å². The Morgan fingerprint density at radius 3 is 2.38 bits per heavy atom. The predicted octanol–water partition coefficient (Wildman–Crippen LogP) is 5.44. The fourth-order valence-corrected chi connectivity index (χ4v) is 5.41. The van der Waals surface area contributed by atoms with E-state index in [2.05, 4.69) is 28.1 Å². The van der Waals surface area contributed by atoms with E-state index in [1.54, 1.807) is 18.0 Å². The molecule has 2 aromatic carbocycles. The Bertz CT molecular complexity index is 978.